The Balaban J connectivity index is 2.80. The van der Waals surface area contributed by atoms with Crippen LogP contribution >= 0.6 is 0 Å². The van der Waals surface area contributed by atoms with E-state index in [0.29, 0.717) is 13.1 Å². The molecule has 4 nitrogen and oxygen atoms in total. The number of aliphatic carboxylic acids is 1. The van der Waals surface area contributed by atoms with Crippen molar-refractivity contribution in [2.24, 2.45) is 0 Å². The van der Waals surface area contributed by atoms with Gasteiger partial charge in [-0.05, 0) is 32.0 Å². The number of nitrogens with one attached hydrogen (secondary N) is 1. The Labute approximate surface area is 109 Å². The molecule has 1 unspecified atom stereocenters. The van der Waals surface area contributed by atoms with Crippen LogP contribution in [0.1, 0.15) is 18.1 Å². The normalized spacial score (nSPS) is 12.2. The Hall–Kier alpha value is -1.55. The van der Waals surface area contributed by atoms with Gasteiger partial charge in [-0.25, -0.2) is 0 Å². The summed E-state index contributed by atoms with van der Waals surface area (Å²) in [6, 6.07) is 5.65. The van der Waals surface area contributed by atoms with Crippen molar-refractivity contribution in [2.75, 3.05) is 25.0 Å². The van der Waals surface area contributed by atoms with E-state index in [1.54, 1.807) is 0 Å². The molecule has 1 aromatic rings. The molecule has 18 heavy (non-hydrogen) atoms. The number of hydrogen-bond donors (Lipinski definition) is 2. The molecule has 0 aliphatic rings. The molecular weight excluding hydrogens is 228 g/mol. The van der Waals surface area contributed by atoms with E-state index in [9.17, 15) is 4.79 Å². The van der Waals surface area contributed by atoms with E-state index >= 15 is 0 Å². The van der Waals surface area contributed by atoms with Crippen LogP contribution in [0.15, 0.2) is 18.2 Å². The van der Waals surface area contributed by atoms with Crippen molar-refractivity contribution in [3.63, 3.8) is 0 Å². The SMILES string of the molecule is CCNC(CN(C)c1ccc(C)cc1C)C(=O)O. The summed E-state index contributed by atoms with van der Waals surface area (Å²) in [7, 11) is 1.92. The molecular formula is C14H22N2O2. The second-order valence-corrected chi connectivity index (χ2v) is 4.62. The third kappa shape index (κ3) is 3.74. The average molecular weight is 250 g/mol. The first-order valence-electron chi connectivity index (χ1n) is 6.20. The number of hydrogen-bond acceptors (Lipinski definition) is 3. The molecule has 1 rings (SSSR count). The number of carboxylic acid groups (broad SMARTS) is 1. The molecule has 0 aliphatic carbocycles. The van der Waals surface area contributed by atoms with E-state index in [4.69, 9.17) is 5.11 Å². The molecule has 0 aromatic heterocycles. The van der Waals surface area contributed by atoms with Gasteiger partial charge >= 0.3 is 5.97 Å². The fraction of sp³-hybridized carbons (Fsp3) is 0.500. The lowest BCUT2D eigenvalue weighted by atomic mass is 10.1. The van der Waals surface area contributed by atoms with E-state index < -0.39 is 12.0 Å². The number of carbonyl (C=O) groups is 1. The second kappa shape index (κ2) is 6.40. The molecule has 0 fully saturated rings. The lowest BCUT2D eigenvalue weighted by Crippen LogP contribution is -2.45. The zero-order chi connectivity index (χ0) is 13.7. The third-order valence-electron chi connectivity index (χ3n) is 2.97. The van der Waals surface area contributed by atoms with Crippen molar-refractivity contribution in [3.05, 3.63) is 29.3 Å². The first kappa shape index (κ1) is 14.5. The number of likely N-dealkylation sites (N-methyl/N-ethyl adjacent to an activating group) is 2. The zero-order valence-corrected chi connectivity index (χ0v) is 11.5. The molecule has 100 valence electrons. The van der Waals surface area contributed by atoms with E-state index in [1.165, 1.54) is 5.56 Å². The molecule has 0 radical (unpaired) electrons. The van der Waals surface area contributed by atoms with Crippen molar-refractivity contribution < 1.29 is 9.90 Å². The van der Waals surface area contributed by atoms with Gasteiger partial charge in [-0.2, -0.15) is 0 Å². The van der Waals surface area contributed by atoms with Crippen LogP contribution in [0.4, 0.5) is 5.69 Å². The van der Waals surface area contributed by atoms with Crippen molar-refractivity contribution in [1.82, 2.24) is 5.32 Å². The predicted octanol–water partition coefficient (Wildman–Crippen LogP) is 1.80. The highest BCUT2D eigenvalue weighted by molar-refractivity contribution is 5.74. The van der Waals surface area contributed by atoms with Crippen molar-refractivity contribution in [3.8, 4) is 0 Å². The largest absolute Gasteiger partial charge is 0.480 e. The standard InChI is InChI=1S/C14H22N2O2/c1-5-15-12(14(17)18)9-16(4)13-7-6-10(2)8-11(13)3/h6-8,12,15H,5,9H2,1-4H3,(H,17,18). The number of nitrogens with zero attached hydrogens (tertiary/aromatic N) is 1. The molecule has 0 heterocycles. The minimum Gasteiger partial charge on any atom is -0.480 e. The van der Waals surface area contributed by atoms with Crippen LogP contribution in [-0.2, 0) is 4.79 Å². The summed E-state index contributed by atoms with van der Waals surface area (Å²) in [5.41, 5.74) is 3.45. The number of carboxylic acids is 1. The number of aryl methyl sites for hydroxylation is 2. The van der Waals surface area contributed by atoms with Gasteiger partial charge < -0.3 is 15.3 Å². The number of anilines is 1. The van der Waals surface area contributed by atoms with Gasteiger partial charge in [-0.3, -0.25) is 4.79 Å². The van der Waals surface area contributed by atoms with E-state index in [0.717, 1.165) is 11.3 Å². The van der Waals surface area contributed by atoms with Crippen LogP contribution in [0.5, 0.6) is 0 Å². The maximum absolute atomic E-state index is 11.1. The molecule has 2 N–H and O–H groups in total. The Morgan fingerprint density at radius 3 is 2.61 bits per heavy atom. The Kier molecular flexibility index (Phi) is 5.16. The molecule has 0 spiro atoms. The van der Waals surface area contributed by atoms with E-state index in [-0.39, 0.29) is 0 Å². The molecule has 0 saturated carbocycles. The molecule has 0 aliphatic heterocycles. The highest BCUT2D eigenvalue weighted by atomic mass is 16.4. The van der Waals surface area contributed by atoms with Gasteiger partial charge in [-0.15, -0.1) is 0 Å². The monoisotopic (exact) mass is 250 g/mol. The molecule has 4 heteroatoms. The molecule has 0 saturated heterocycles. The minimum atomic E-state index is -0.812. The van der Waals surface area contributed by atoms with Gasteiger partial charge in [0.2, 0.25) is 0 Å². The summed E-state index contributed by atoms with van der Waals surface area (Å²) in [4.78, 5) is 13.1. The fourth-order valence-electron chi connectivity index (χ4n) is 2.08. The first-order chi connectivity index (χ1) is 8.45. The summed E-state index contributed by atoms with van der Waals surface area (Å²) >= 11 is 0. The summed E-state index contributed by atoms with van der Waals surface area (Å²) in [5.74, 6) is -0.812. The lowest BCUT2D eigenvalue weighted by Gasteiger charge is -2.25. The van der Waals surface area contributed by atoms with Gasteiger partial charge in [-0.1, -0.05) is 24.6 Å². The van der Waals surface area contributed by atoms with E-state index in [1.807, 2.05) is 37.9 Å². The van der Waals surface area contributed by atoms with Gasteiger partial charge in [0, 0.05) is 19.3 Å². The predicted molar refractivity (Wildman–Crippen MR) is 74.3 cm³/mol. The van der Waals surface area contributed by atoms with Crippen LogP contribution in [-0.4, -0.2) is 37.3 Å². The molecule has 0 amide bonds. The van der Waals surface area contributed by atoms with Crippen LogP contribution in [0.2, 0.25) is 0 Å². The summed E-state index contributed by atoms with van der Waals surface area (Å²) < 4.78 is 0. The van der Waals surface area contributed by atoms with Crippen LogP contribution < -0.4 is 10.2 Å². The maximum atomic E-state index is 11.1. The number of rotatable bonds is 6. The summed E-state index contributed by atoms with van der Waals surface area (Å²) in [6.07, 6.45) is 0. The van der Waals surface area contributed by atoms with Crippen LogP contribution in [0, 0.1) is 13.8 Å². The summed E-state index contributed by atoms with van der Waals surface area (Å²) in [6.45, 7) is 7.11. The smallest absolute Gasteiger partial charge is 0.322 e. The highest BCUT2D eigenvalue weighted by Crippen LogP contribution is 2.19. The summed E-state index contributed by atoms with van der Waals surface area (Å²) in [5, 5.41) is 12.1. The van der Waals surface area contributed by atoms with Crippen molar-refractivity contribution in [1.29, 1.82) is 0 Å². The Morgan fingerprint density at radius 1 is 1.44 bits per heavy atom. The highest BCUT2D eigenvalue weighted by Gasteiger charge is 2.18. The minimum absolute atomic E-state index is 0.451. The van der Waals surface area contributed by atoms with Gasteiger partial charge in [0.05, 0.1) is 0 Å². The van der Waals surface area contributed by atoms with Crippen molar-refractivity contribution >= 4 is 11.7 Å². The van der Waals surface area contributed by atoms with E-state index in [2.05, 4.69) is 18.3 Å². The van der Waals surface area contributed by atoms with Crippen LogP contribution in [0.3, 0.4) is 0 Å². The quantitative estimate of drug-likeness (QED) is 0.808. The average Bonchev–Trinajstić information content (AvgIpc) is 2.27. The topological polar surface area (TPSA) is 52.6 Å². The van der Waals surface area contributed by atoms with Gasteiger partial charge in [0.1, 0.15) is 6.04 Å². The van der Waals surface area contributed by atoms with Gasteiger partial charge in [0.15, 0.2) is 0 Å². The van der Waals surface area contributed by atoms with Crippen LogP contribution in [0.25, 0.3) is 0 Å². The molecule has 0 bridgehead atoms. The van der Waals surface area contributed by atoms with Gasteiger partial charge in [0.25, 0.3) is 0 Å². The fourth-order valence-corrected chi connectivity index (χ4v) is 2.08. The number of benzene rings is 1. The molecule has 1 aromatic carbocycles. The Bertz CT molecular complexity index is 418. The second-order valence-electron chi connectivity index (χ2n) is 4.62. The molecule has 1 atom stereocenters. The Morgan fingerprint density at radius 2 is 2.11 bits per heavy atom. The zero-order valence-electron chi connectivity index (χ0n) is 11.5. The maximum Gasteiger partial charge on any atom is 0.322 e. The van der Waals surface area contributed by atoms with Crippen molar-refractivity contribution in [2.45, 2.75) is 26.8 Å². The lowest BCUT2D eigenvalue weighted by molar-refractivity contribution is -0.139. The third-order valence-corrected chi connectivity index (χ3v) is 2.97. The first-order valence-corrected chi connectivity index (χ1v) is 6.20.